The Morgan fingerprint density at radius 3 is 2.33 bits per heavy atom. The number of hydrogen-bond acceptors (Lipinski definition) is 4. The van der Waals surface area contributed by atoms with E-state index in [2.05, 4.69) is 10.6 Å². The summed E-state index contributed by atoms with van der Waals surface area (Å²) in [6, 6.07) is 11.7. The van der Waals surface area contributed by atoms with Crippen LogP contribution in [0, 0.1) is 0 Å². The van der Waals surface area contributed by atoms with Crippen molar-refractivity contribution in [3.05, 3.63) is 48.0 Å². The zero-order chi connectivity index (χ0) is 20.0. The van der Waals surface area contributed by atoms with Gasteiger partial charge in [-0.1, -0.05) is 6.07 Å². The van der Waals surface area contributed by atoms with E-state index in [0.29, 0.717) is 28.4 Å². The molecule has 0 heterocycles. The SMILES string of the molecule is COc1ccc(N(C)C(=O)c2cccc(NC(=O)NC(C)C)c2)cc1OC. The van der Waals surface area contributed by atoms with Crippen molar-refractivity contribution >= 4 is 23.3 Å². The molecule has 27 heavy (non-hydrogen) atoms. The van der Waals surface area contributed by atoms with Gasteiger partial charge in [0.2, 0.25) is 0 Å². The van der Waals surface area contributed by atoms with Crippen molar-refractivity contribution in [1.29, 1.82) is 0 Å². The van der Waals surface area contributed by atoms with Gasteiger partial charge in [0.1, 0.15) is 0 Å². The molecule has 3 amide bonds. The molecule has 0 aliphatic rings. The number of anilines is 2. The number of nitrogens with one attached hydrogen (secondary N) is 2. The maximum absolute atomic E-state index is 12.8. The highest BCUT2D eigenvalue weighted by Crippen LogP contribution is 2.31. The van der Waals surface area contributed by atoms with Crippen LogP contribution in [0.5, 0.6) is 11.5 Å². The second kappa shape index (κ2) is 8.93. The summed E-state index contributed by atoms with van der Waals surface area (Å²) in [5, 5.41) is 5.46. The van der Waals surface area contributed by atoms with Gasteiger partial charge in [0.25, 0.3) is 5.91 Å². The van der Waals surface area contributed by atoms with Crippen LogP contribution in [0.3, 0.4) is 0 Å². The fourth-order valence-electron chi connectivity index (χ4n) is 2.50. The Kier molecular flexibility index (Phi) is 6.65. The summed E-state index contributed by atoms with van der Waals surface area (Å²) in [4.78, 5) is 26.2. The van der Waals surface area contributed by atoms with E-state index in [-0.39, 0.29) is 18.0 Å². The minimum atomic E-state index is -0.317. The van der Waals surface area contributed by atoms with Crippen LogP contribution in [-0.4, -0.2) is 39.2 Å². The number of nitrogens with zero attached hydrogens (tertiary/aromatic N) is 1. The summed E-state index contributed by atoms with van der Waals surface area (Å²) in [6.07, 6.45) is 0. The Bertz CT molecular complexity index is 821. The zero-order valence-electron chi connectivity index (χ0n) is 16.2. The van der Waals surface area contributed by atoms with Crippen LogP contribution in [-0.2, 0) is 0 Å². The van der Waals surface area contributed by atoms with Gasteiger partial charge in [-0.3, -0.25) is 4.79 Å². The van der Waals surface area contributed by atoms with Gasteiger partial charge in [-0.15, -0.1) is 0 Å². The smallest absolute Gasteiger partial charge is 0.319 e. The third kappa shape index (κ3) is 5.13. The maximum Gasteiger partial charge on any atom is 0.319 e. The molecule has 2 aromatic rings. The Hall–Kier alpha value is -3.22. The quantitative estimate of drug-likeness (QED) is 0.814. The lowest BCUT2D eigenvalue weighted by Crippen LogP contribution is -2.34. The van der Waals surface area contributed by atoms with Gasteiger partial charge in [0.05, 0.1) is 14.2 Å². The van der Waals surface area contributed by atoms with E-state index in [4.69, 9.17) is 9.47 Å². The predicted molar refractivity (Wildman–Crippen MR) is 106 cm³/mol. The zero-order valence-corrected chi connectivity index (χ0v) is 16.2. The highest BCUT2D eigenvalue weighted by molar-refractivity contribution is 6.06. The summed E-state index contributed by atoms with van der Waals surface area (Å²) in [5.74, 6) is 0.912. The molecule has 0 spiro atoms. The monoisotopic (exact) mass is 371 g/mol. The molecule has 0 fully saturated rings. The van der Waals surface area contributed by atoms with Crippen LogP contribution in [0.25, 0.3) is 0 Å². The maximum atomic E-state index is 12.8. The Morgan fingerprint density at radius 2 is 1.70 bits per heavy atom. The number of urea groups is 1. The van der Waals surface area contributed by atoms with E-state index in [9.17, 15) is 9.59 Å². The minimum absolute atomic E-state index is 0.0194. The van der Waals surface area contributed by atoms with Crippen LogP contribution in [0.4, 0.5) is 16.2 Å². The first-order chi connectivity index (χ1) is 12.8. The molecule has 0 unspecified atom stereocenters. The summed E-state index contributed by atoms with van der Waals surface area (Å²) in [6.45, 7) is 3.75. The molecule has 0 saturated heterocycles. The van der Waals surface area contributed by atoms with Crippen molar-refractivity contribution in [2.75, 3.05) is 31.5 Å². The van der Waals surface area contributed by atoms with E-state index in [0.717, 1.165) is 0 Å². The molecule has 2 rings (SSSR count). The first-order valence-corrected chi connectivity index (χ1v) is 8.53. The Labute approximate surface area is 159 Å². The largest absolute Gasteiger partial charge is 0.493 e. The third-order valence-electron chi connectivity index (χ3n) is 3.85. The van der Waals surface area contributed by atoms with Gasteiger partial charge in [-0.25, -0.2) is 4.79 Å². The lowest BCUT2D eigenvalue weighted by molar-refractivity contribution is 0.0993. The van der Waals surface area contributed by atoms with E-state index in [1.54, 1.807) is 63.7 Å². The molecule has 0 atom stereocenters. The van der Waals surface area contributed by atoms with E-state index < -0.39 is 0 Å². The average Bonchev–Trinajstić information content (AvgIpc) is 2.65. The van der Waals surface area contributed by atoms with Crippen LogP contribution < -0.4 is 25.0 Å². The van der Waals surface area contributed by atoms with E-state index in [1.807, 2.05) is 13.8 Å². The standard InChI is InChI=1S/C20H25N3O4/c1-13(2)21-20(25)22-15-8-6-7-14(11-15)19(24)23(3)16-9-10-17(26-4)18(12-16)27-5/h6-13H,1-5H3,(H2,21,22,25). The number of benzene rings is 2. The van der Waals surface area contributed by atoms with Crippen molar-refractivity contribution in [2.45, 2.75) is 19.9 Å². The topological polar surface area (TPSA) is 79.9 Å². The van der Waals surface area contributed by atoms with Gasteiger partial charge in [-0.2, -0.15) is 0 Å². The molecule has 0 aromatic heterocycles. The molecule has 7 heteroatoms. The molecule has 2 aromatic carbocycles. The summed E-state index contributed by atoms with van der Waals surface area (Å²) in [7, 11) is 4.77. The number of hydrogen-bond donors (Lipinski definition) is 2. The Balaban J connectivity index is 2.19. The first-order valence-electron chi connectivity index (χ1n) is 8.53. The normalized spacial score (nSPS) is 10.3. The number of carbonyl (C=O) groups excluding carboxylic acids is 2. The fourth-order valence-corrected chi connectivity index (χ4v) is 2.50. The summed E-state index contributed by atoms with van der Waals surface area (Å²) < 4.78 is 10.5. The molecular weight excluding hydrogens is 346 g/mol. The Morgan fingerprint density at radius 1 is 1.00 bits per heavy atom. The summed E-state index contributed by atoms with van der Waals surface area (Å²) in [5.41, 5.74) is 1.66. The van der Waals surface area contributed by atoms with Crippen LogP contribution >= 0.6 is 0 Å². The molecule has 2 N–H and O–H groups in total. The third-order valence-corrected chi connectivity index (χ3v) is 3.85. The second-order valence-electron chi connectivity index (χ2n) is 6.24. The van der Waals surface area contributed by atoms with Crippen LogP contribution in [0.2, 0.25) is 0 Å². The van der Waals surface area contributed by atoms with Crippen molar-refractivity contribution in [3.8, 4) is 11.5 Å². The molecule has 0 aliphatic carbocycles. The number of amides is 3. The minimum Gasteiger partial charge on any atom is -0.493 e. The molecular formula is C20H25N3O4. The number of methoxy groups -OCH3 is 2. The van der Waals surface area contributed by atoms with E-state index in [1.165, 1.54) is 4.90 Å². The molecule has 0 bridgehead atoms. The van der Waals surface area contributed by atoms with Crippen LogP contribution in [0.15, 0.2) is 42.5 Å². The molecule has 7 nitrogen and oxygen atoms in total. The van der Waals surface area contributed by atoms with Crippen LogP contribution in [0.1, 0.15) is 24.2 Å². The first kappa shape index (κ1) is 20.1. The van der Waals surface area contributed by atoms with E-state index >= 15 is 0 Å². The molecule has 0 radical (unpaired) electrons. The molecule has 0 aliphatic heterocycles. The number of carbonyl (C=O) groups is 2. The number of ether oxygens (including phenoxy) is 2. The van der Waals surface area contributed by atoms with Crippen molar-refractivity contribution in [1.82, 2.24) is 5.32 Å². The van der Waals surface area contributed by atoms with Crippen molar-refractivity contribution in [3.63, 3.8) is 0 Å². The van der Waals surface area contributed by atoms with Gasteiger partial charge in [0, 0.05) is 36.1 Å². The fraction of sp³-hybridized carbons (Fsp3) is 0.300. The number of rotatable bonds is 6. The van der Waals surface area contributed by atoms with Gasteiger partial charge in [-0.05, 0) is 44.2 Å². The average molecular weight is 371 g/mol. The summed E-state index contributed by atoms with van der Waals surface area (Å²) >= 11 is 0. The lowest BCUT2D eigenvalue weighted by atomic mass is 10.1. The van der Waals surface area contributed by atoms with Gasteiger partial charge >= 0.3 is 6.03 Å². The highest BCUT2D eigenvalue weighted by Gasteiger charge is 2.16. The van der Waals surface area contributed by atoms with Gasteiger partial charge in [0.15, 0.2) is 11.5 Å². The van der Waals surface area contributed by atoms with Crippen molar-refractivity contribution in [2.24, 2.45) is 0 Å². The molecule has 0 saturated carbocycles. The van der Waals surface area contributed by atoms with Gasteiger partial charge < -0.3 is 25.0 Å². The lowest BCUT2D eigenvalue weighted by Gasteiger charge is -2.19. The molecule has 144 valence electrons. The second-order valence-corrected chi connectivity index (χ2v) is 6.24. The highest BCUT2D eigenvalue weighted by atomic mass is 16.5. The van der Waals surface area contributed by atoms with Crippen molar-refractivity contribution < 1.29 is 19.1 Å². The predicted octanol–water partition coefficient (Wildman–Crippen LogP) is 3.51.